The van der Waals surface area contributed by atoms with Gasteiger partial charge in [-0.15, -0.1) is 0 Å². The molecule has 0 heterocycles. The Morgan fingerprint density at radius 3 is 1.34 bits per heavy atom. The van der Waals surface area contributed by atoms with Gasteiger partial charge in [-0.3, -0.25) is 14.4 Å². The van der Waals surface area contributed by atoms with Crippen LogP contribution in [0.25, 0.3) is 0 Å². The SMILES string of the molecule is CCCCCCCCCCCCCCCCCC(=O)OC(=O)CC(CC(=O)OCCCC)(OCCCC)C(=O)OCCCC. The summed E-state index contributed by atoms with van der Waals surface area (Å²) in [6.45, 7) is 8.68. The molecule has 0 aromatic rings. The topological polar surface area (TPSA) is 105 Å². The highest BCUT2D eigenvalue weighted by molar-refractivity contribution is 5.93. The van der Waals surface area contributed by atoms with Crippen LogP contribution < -0.4 is 0 Å². The molecule has 0 rings (SSSR count). The molecule has 1 atom stereocenters. The zero-order chi connectivity index (χ0) is 32.7. The molecule has 0 saturated heterocycles. The van der Waals surface area contributed by atoms with Gasteiger partial charge in [0.05, 0.1) is 26.1 Å². The summed E-state index contributed by atoms with van der Waals surface area (Å²) in [5.74, 6) is -2.99. The van der Waals surface area contributed by atoms with Crippen LogP contribution in [0.2, 0.25) is 0 Å². The van der Waals surface area contributed by atoms with Gasteiger partial charge in [0.2, 0.25) is 0 Å². The Morgan fingerprint density at radius 1 is 0.432 bits per heavy atom. The molecule has 0 amide bonds. The number of hydrogen-bond acceptors (Lipinski definition) is 8. The monoisotopic (exact) mass is 626 g/mol. The van der Waals surface area contributed by atoms with Gasteiger partial charge < -0.3 is 18.9 Å². The van der Waals surface area contributed by atoms with Gasteiger partial charge in [0.1, 0.15) is 0 Å². The second kappa shape index (κ2) is 29.7. The van der Waals surface area contributed by atoms with Gasteiger partial charge in [0.15, 0.2) is 5.60 Å². The molecule has 8 heteroatoms. The molecule has 0 aliphatic rings. The van der Waals surface area contributed by atoms with Gasteiger partial charge in [-0.2, -0.15) is 0 Å². The molecule has 1 unspecified atom stereocenters. The molecule has 0 aliphatic carbocycles. The van der Waals surface area contributed by atoms with Crippen molar-refractivity contribution >= 4 is 23.9 Å². The molecule has 0 aromatic carbocycles. The van der Waals surface area contributed by atoms with Crippen LogP contribution in [0.5, 0.6) is 0 Å². The van der Waals surface area contributed by atoms with E-state index in [9.17, 15) is 19.2 Å². The standard InChI is InChI=1S/C36H66O8/c1-5-9-13-14-15-16-17-18-19-20-21-22-23-24-25-26-32(37)44-34(39)31-36(43-29-12-8-4,35(40)42-28-11-7-3)30-33(38)41-27-10-6-2/h5-31H2,1-4H3. The van der Waals surface area contributed by atoms with E-state index in [-0.39, 0.29) is 26.2 Å². The van der Waals surface area contributed by atoms with Crippen molar-refractivity contribution in [3.8, 4) is 0 Å². The minimum atomic E-state index is -1.89. The minimum absolute atomic E-state index is 0.133. The van der Waals surface area contributed by atoms with Crippen LogP contribution in [-0.2, 0) is 38.1 Å². The summed E-state index contributed by atoms with van der Waals surface area (Å²) < 4.78 is 21.6. The third-order valence-corrected chi connectivity index (χ3v) is 7.81. The number of carbonyl (C=O) groups is 4. The zero-order valence-electron chi connectivity index (χ0n) is 28.9. The lowest BCUT2D eigenvalue weighted by atomic mass is 9.94. The van der Waals surface area contributed by atoms with Gasteiger partial charge >= 0.3 is 23.9 Å². The zero-order valence-corrected chi connectivity index (χ0v) is 28.9. The average Bonchev–Trinajstić information content (AvgIpc) is 2.99. The van der Waals surface area contributed by atoms with Gasteiger partial charge in [-0.1, -0.05) is 137 Å². The fourth-order valence-corrected chi connectivity index (χ4v) is 4.92. The molecule has 8 nitrogen and oxygen atoms in total. The van der Waals surface area contributed by atoms with Crippen LogP contribution >= 0.6 is 0 Å². The highest BCUT2D eigenvalue weighted by Gasteiger charge is 2.46. The summed E-state index contributed by atoms with van der Waals surface area (Å²) in [7, 11) is 0. The largest absolute Gasteiger partial charge is 0.466 e. The van der Waals surface area contributed by atoms with Gasteiger partial charge in [-0.25, -0.2) is 4.79 Å². The number of hydrogen-bond donors (Lipinski definition) is 0. The highest BCUT2D eigenvalue weighted by atomic mass is 16.6. The predicted molar refractivity (Wildman–Crippen MR) is 175 cm³/mol. The Balaban J connectivity index is 4.61. The van der Waals surface area contributed by atoms with Crippen molar-refractivity contribution in [3.63, 3.8) is 0 Å². The van der Waals surface area contributed by atoms with Crippen LogP contribution in [0, 0.1) is 0 Å². The quantitative estimate of drug-likeness (QED) is 0.0324. The molecule has 0 N–H and O–H groups in total. The normalized spacial score (nSPS) is 12.5. The van der Waals surface area contributed by atoms with Gasteiger partial charge in [0, 0.05) is 13.0 Å². The first-order valence-corrected chi connectivity index (χ1v) is 18.0. The maximum atomic E-state index is 13.2. The van der Waals surface area contributed by atoms with Crippen molar-refractivity contribution in [1.29, 1.82) is 0 Å². The Hall–Kier alpha value is -1.96. The first-order valence-electron chi connectivity index (χ1n) is 18.0. The van der Waals surface area contributed by atoms with Crippen LogP contribution in [0.15, 0.2) is 0 Å². The van der Waals surface area contributed by atoms with Crippen LogP contribution in [0.3, 0.4) is 0 Å². The Kier molecular flexibility index (Phi) is 28.4. The van der Waals surface area contributed by atoms with Crippen molar-refractivity contribution in [1.82, 2.24) is 0 Å². The third-order valence-electron chi connectivity index (χ3n) is 7.81. The van der Waals surface area contributed by atoms with Crippen LogP contribution in [0.4, 0.5) is 0 Å². The lowest BCUT2D eigenvalue weighted by Gasteiger charge is -2.30. The van der Waals surface area contributed by atoms with Crippen molar-refractivity contribution in [2.24, 2.45) is 0 Å². The second-order valence-corrected chi connectivity index (χ2v) is 12.2. The summed E-state index contributed by atoms with van der Waals surface area (Å²) in [5, 5.41) is 0. The molecule has 0 aliphatic heterocycles. The molecule has 0 radical (unpaired) electrons. The maximum Gasteiger partial charge on any atom is 0.339 e. The Morgan fingerprint density at radius 2 is 0.841 bits per heavy atom. The van der Waals surface area contributed by atoms with Gasteiger partial charge in [-0.05, 0) is 25.7 Å². The second-order valence-electron chi connectivity index (χ2n) is 12.2. The number of unbranched alkanes of at least 4 members (excludes halogenated alkanes) is 17. The number of esters is 4. The molecular weight excluding hydrogens is 560 g/mol. The van der Waals surface area contributed by atoms with E-state index in [1.165, 1.54) is 70.6 Å². The van der Waals surface area contributed by atoms with E-state index in [2.05, 4.69) is 6.92 Å². The summed E-state index contributed by atoms with van der Waals surface area (Å²) >= 11 is 0. The average molecular weight is 627 g/mol. The highest BCUT2D eigenvalue weighted by Crippen LogP contribution is 2.26. The Labute approximate surface area is 269 Å². The molecular formula is C36H66O8. The fraction of sp³-hybridized carbons (Fsp3) is 0.889. The van der Waals surface area contributed by atoms with E-state index in [1.807, 2.05) is 20.8 Å². The third kappa shape index (κ3) is 23.4. The molecule has 44 heavy (non-hydrogen) atoms. The Bertz CT molecular complexity index is 738. The molecule has 0 aromatic heterocycles. The van der Waals surface area contributed by atoms with E-state index in [4.69, 9.17) is 18.9 Å². The molecule has 0 fully saturated rings. The van der Waals surface area contributed by atoms with E-state index in [1.54, 1.807) is 0 Å². The predicted octanol–water partition coefficient (Wildman–Crippen LogP) is 9.34. The smallest absolute Gasteiger partial charge is 0.339 e. The number of carbonyl (C=O) groups excluding carboxylic acids is 4. The summed E-state index contributed by atoms with van der Waals surface area (Å²) in [4.78, 5) is 51.1. The van der Waals surface area contributed by atoms with E-state index >= 15 is 0 Å². The number of rotatable bonds is 31. The number of ether oxygens (including phenoxy) is 4. The molecule has 0 saturated carbocycles. The summed E-state index contributed by atoms with van der Waals surface area (Å²) in [6.07, 6.45) is 21.9. The molecule has 0 bridgehead atoms. The van der Waals surface area contributed by atoms with E-state index in [0.717, 1.165) is 38.5 Å². The lowest BCUT2D eigenvalue weighted by Crippen LogP contribution is -2.48. The van der Waals surface area contributed by atoms with Gasteiger partial charge in [0.25, 0.3) is 0 Å². The van der Waals surface area contributed by atoms with Crippen LogP contribution in [-0.4, -0.2) is 49.3 Å². The fourth-order valence-electron chi connectivity index (χ4n) is 4.92. The minimum Gasteiger partial charge on any atom is -0.466 e. The molecule has 258 valence electrons. The maximum absolute atomic E-state index is 13.2. The molecule has 0 spiro atoms. The first-order chi connectivity index (χ1) is 21.3. The van der Waals surface area contributed by atoms with Crippen molar-refractivity contribution in [2.75, 3.05) is 19.8 Å². The van der Waals surface area contributed by atoms with Crippen molar-refractivity contribution < 1.29 is 38.1 Å². The summed E-state index contributed by atoms with van der Waals surface area (Å²) in [5.41, 5.74) is -1.89. The first kappa shape index (κ1) is 42.0. The van der Waals surface area contributed by atoms with Crippen molar-refractivity contribution in [3.05, 3.63) is 0 Å². The van der Waals surface area contributed by atoms with E-state index < -0.39 is 42.3 Å². The van der Waals surface area contributed by atoms with E-state index in [0.29, 0.717) is 25.7 Å². The summed E-state index contributed by atoms with van der Waals surface area (Å²) in [6, 6.07) is 0. The van der Waals surface area contributed by atoms with Crippen molar-refractivity contribution in [2.45, 2.75) is 187 Å². The van der Waals surface area contributed by atoms with Crippen LogP contribution in [0.1, 0.15) is 182 Å². The lowest BCUT2D eigenvalue weighted by molar-refractivity contribution is -0.187.